The maximum absolute atomic E-state index is 6.39. The molecule has 0 unspecified atom stereocenters. The SMILES string of the molecule is CN1Cc2ccccc2-c2ccccc2CO[C@H]2CCCC[C@@H]21. The van der Waals surface area contributed by atoms with Crippen molar-refractivity contribution in [2.75, 3.05) is 7.05 Å². The Kier molecular flexibility index (Phi) is 4.19. The van der Waals surface area contributed by atoms with Crippen LogP contribution in [0.5, 0.6) is 0 Å². The van der Waals surface area contributed by atoms with Crippen molar-refractivity contribution >= 4 is 0 Å². The zero-order chi connectivity index (χ0) is 15.6. The molecule has 2 heteroatoms. The van der Waals surface area contributed by atoms with Gasteiger partial charge >= 0.3 is 0 Å². The number of benzene rings is 2. The molecule has 0 aromatic heterocycles. The van der Waals surface area contributed by atoms with Crippen molar-refractivity contribution < 1.29 is 4.74 Å². The fourth-order valence-corrected chi connectivity index (χ4v) is 4.19. The average molecular weight is 307 g/mol. The van der Waals surface area contributed by atoms with Crippen molar-refractivity contribution in [1.29, 1.82) is 0 Å². The van der Waals surface area contributed by atoms with Gasteiger partial charge in [-0.1, -0.05) is 61.4 Å². The lowest BCUT2D eigenvalue weighted by atomic mass is 9.89. The van der Waals surface area contributed by atoms with Gasteiger partial charge in [-0.3, -0.25) is 4.90 Å². The van der Waals surface area contributed by atoms with E-state index in [0.29, 0.717) is 12.1 Å². The third-order valence-electron chi connectivity index (χ3n) is 5.43. The van der Waals surface area contributed by atoms with Gasteiger partial charge in [0.2, 0.25) is 0 Å². The second-order valence-corrected chi connectivity index (χ2v) is 6.93. The maximum Gasteiger partial charge on any atom is 0.0734 e. The summed E-state index contributed by atoms with van der Waals surface area (Å²) in [7, 11) is 2.26. The molecule has 0 spiro atoms. The molecule has 120 valence electrons. The van der Waals surface area contributed by atoms with Crippen LogP contribution >= 0.6 is 0 Å². The molecule has 2 aliphatic rings. The number of likely N-dealkylation sites (N-methyl/N-ethyl adjacent to an activating group) is 1. The van der Waals surface area contributed by atoms with E-state index in [1.54, 1.807) is 0 Å². The van der Waals surface area contributed by atoms with E-state index in [2.05, 4.69) is 60.5 Å². The fourth-order valence-electron chi connectivity index (χ4n) is 4.19. The predicted octanol–water partition coefficient (Wildman–Crippen LogP) is 4.63. The van der Waals surface area contributed by atoms with Gasteiger partial charge in [-0.05, 0) is 42.1 Å². The first-order chi connectivity index (χ1) is 11.3. The van der Waals surface area contributed by atoms with E-state index >= 15 is 0 Å². The molecule has 1 saturated carbocycles. The van der Waals surface area contributed by atoms with Gasteiger partial charge < -0.3 is 4.74 Å². The van der Waals surface area contributed by atoms with Crippen LogP contribution in [0, 0.1) is 0 Å². The highest BCUT2D eigenvalue weighted by atomic mass is 16.5. The van der Waals surface area contributed by atoms with Crippen LogP contribution in [-0.4, -0.2) is 24.1 Å². The Morgan fingerprint density at radius 3 is 2.35 bits per heavy atom. The van der Waals surface area contributed by atoms with Crippen LogP contribution in [0.3, 0.4) is 0 Å². The van der Waals surface area contributed by atoms with Gasteiger partial charge in [0, 0.05) is 12.6 Å². The standard InChI is InChI=1S/C21H25NO/c1-22-14-16-8-2-4-10-18(16)19-11-5-3-9-17(19)15-23-21-13-7-6-12-20(21)22/h2-5,8-11,20-21H,6-7,12-15H2,1H3/t20-,21-/m0/s1. The Labute approximate surface area is 139 Å². The summed E-state index contributed by atoms with van der Waals surface area (Å²) in [4.78, 5) is 2.51. The number of hydrogen-bond donors (Lipinski definition) is 0. The quantitative estimate of drug-likeness (QED) is 0.704. The van der Waals surface area contributed by atoms with Crippen LogP contribution in [0.4, 0.5) is 0 Å². The lowest BCUT2D eigenvalue weighted by molar-refractivity contribution is -0.0405. The number of fused-ring (bicyclic) bond motifs is 4. The first kappa shape index (κ1) is 14.9. The van der Waals surface area contributed by atoms with Crippen LogP contribution in [-0.2, 0) is 17.9 Å². The van der Waals surface area contributed by atoms with Crippen molar-refractivity contribution in [2.45, 2.75) is 51.0 Å². The lowest BCUT2D eigenvalue weighted by Crippen LogP contribution is -2.44. The summed E-state index contributed by atoms with van der Waals surface area (Å²) in [5, 5.41) is 0. The van der Waals surface area contributed by atoms with Gasteiger partial charge in [-0.2, -0.15) is 0 Å². The second-order valence-electron chi connectivity index (χ2n) is 6.93. The predicted molar refractivity (Wildman–Crippen MR) is 94.2 cm³/mol. The lowest BCUT2D eigenvalue weighted by Gasteiger charge is -2.39. The van der Waals surface area contributed by atoms with Crippen LogP contribution in [0.2, 0.25) is 0 Å². The summed E-state index contributed by atoms with van der Waals surface area (Å²) in [6, 6.07) is 18.1. The number of nitrogens with zero attached hydrogens (tertiary/aromatic N) is 1. The molecule has 0 saturated heterocycles. The number of rotatable bonds is 0. The molecule has 0 bridgehead atoms. The summed E-state index contributed by atoms with van der Waals surface area (Å²) in [6.07, 6.45) is 5.44. The Hall–Kier alpha value is -1.64. The molecular weight excluding hydrogens is 282 g/mol. The highest BCUT2D eigenvalue weighted by molar-refractivity contribution is 5.70. The fraction of sp³-hybridized carbons (Fsp3) is 0.429. The summed E-state index contributed by atoms with van der Waals surface area (Å²) in [6.45, 7) is 1.72. The van der Waals surface area contributed by atoms with E-state index in [4.69, 9.17) is 4.74 Å². The number of ether oxygens (including phenoxy) is 1. The first-order valence-electron chi connectivity index (χ1n) is 8.81. The minimum absolute atomic E-state index is 0.368. The minimum Gasteiger partial charge on any atom is -0.372 e. The minimum atomic E-state index is 0.368. The Balaban J connectivity index is 1.79. The second kappa shape index (κ2) is 6.46. The molecule has 2 atom stereocenters. The molecule has 1 fully saturated rings. The van der Waals surface area contributed by atoms with Gasteiger partial charge in [0.05, 0.1) is 12.7 Å². The molecule has 0 amide bonds. The van der Waals surface area contributed by atoms with Crippen molar-refractivity contribution in [1.82, 2.24) is 4.90 Å². The largest absolute Gasteiger partial charge is 0.372 e. The van der Waals surface area contributed by atoms with E-state index in [9.17, 15) is 0 Å². The molecule has 1 heterocycles. The summed E-state index contributed by atoms with van der Waals surface area (Å²) in [5.74, 6) is 0. The average Bonchev–Trinajstić information content (AvgIpc) is 2.61. The molecule has 1 aliphatic carbocycles. The molecule has 4 rings (SSSR count). The third kappa shape index (κ3) is 2.93. The van der Waals surface area contributed by atoms with Gasteiger partial charge in [0.15, 0.2) is 0 Å². The highest BCUT2D eigenvalue weighted by Crippen LogP contribution is 2.33. The van der Waals surface area contributed by atoms with Gasteiger partial charge in [-0.15, -0.1) is 0 Å². The molecule has 0 N–H and O–H groups in total. The Morgan fingerprint density at radius 1 is 0.870 bits per heavy atom. The van der Waals surface area contributed by atoms with E-state index in [1.165, 1.54) is 47.9 Å². The third-order valence-corrected chi connectivity index (χ3v) is 5.43. The van der Waals surface area contributed by atoms with Gasteiger partial charge in [0.1, 0.15) is 0 Å². The Morgan fingerprint density at radius 2 is 1.52 bits per heavy atom. The first-order valence-corrected chi connectivity index (χ1v) is 8.81. The van der Waals surface area contributed by atoms with E-state index < -0.39 is 0 Å². The summed E-state index contributed by atoms with van der Waals surface area (Å²) >= 11 is 0. The number of hydrogen-bond acceptors (Lipinski definition) is 2. The van der Waals surface area contributed by atoms with Crippen molar-refractivity contribution in [2.24, 2.45) is 0 Å². The van der Waals surface area contributed by atoms with Crippen LogP contribution in [0.25, 0.3) is 11.1 Å². The molecule has 0 radical (unpaired) electrons. The van der Waals surface area contributed by atoms with Crippen LogP contribution < -0.4 is 0 Å². The molecule has 2 aromatic carbocycles. The van der Waals surface area contributed by atoms with Gasteiger partial charge in [0.25, 0.3) is 0 Å². The molecule has 2 nitrogen and oxygen atoms in total. The molecule has 2 aromatic rings. The summed E-state index contributed by atoms with van der Waals surface area (Å²) in [5.41, 5.74) is 5.42. The van der Waals surface area contributed by atoms with Crippen LogP contribution in [0.1, 0.15) is 36.8 Å². The zero-order valence-electron chi connectivity index (χ0n) is 13.9. The molecule has 1 aliphatic heterocycles. The van der Waals surface area contributed by atoms with E-state index in [1.807, 2.05) is 0 Å². The Bertz CT molecular complexity index is 681. The van der Waals surface area contributed by atoms with E-state index in [-0.39, 0.29) is 0 Å². The molecule has 23 heavy (non-hydrogen) atoms. The monoisotopic (exact) mass is 307 g/mol. The van der Waals surface area contributed by atoms with Crippen molar-refractivity contribution in [3.05, 3.63) is 59.7 Å². The van der Waals surface area contributed by atoms with E-state index in [0.717, 1.165) is 13.2 Å². The van der Waals surface area contributed by atoms with Crippen LogP contribution in [0.15, 0.2) is 48.5 Å². The van der Waals surface area contributed by atoms with Crippen molar-refractivity contribution in [3.8, 4) is 11.1 Å². The normalized spacial score (nSPS) is 25.1. The topological polar surface area (TPSA) is 12.5 Å². The zero-order valence-corrected chi connectivity index (χ0v) is 13.9. The highest BCUT2D eigenvalue weighted by Gasteiger charge is 2.30. The maximum atomic E-state index is 6.39. The van der Waals surface area contributed by atoms with Crippen molar-refractivity contribution in [3.63, 3.8) is 0 Å². The molecular formula is C21H25NO. The van der Waals surface area contributed by atoms with Gasteiger partial charge in [-0.25, -0.2) is 0 Å². The summed E-state index contributed by atoms with van der Waals surface area (Å²) < 4.78 is 6.39. The smallest absolute Gasteiger partial charge is 0.0734 e.